The number of aliphatic hydroxyl groups excluding tert-OH is 1. The van der Waals surface area contributed by atoms with Crippen molar-refractivity contribution in [2.24, 2.45) is 0 Å². The van der Waals surface area contributed by atoms with Crippen LogP contribution in [0.5, 0.6) is 5.75 Å². The fourth-order valence-electron chi connectivity index (χ4n) is 3.93. The SMILES string of the molecule is COc1ccccc1COCC(O)CN1CCN(Cc2csc(-c3ccccc3)n2)CC1. The molecule has 0 radical (unpaired) electrons. The first-order valence-corrected chi connectivity index (χ1v) is 11.9. The van der Waals surface area contributed by atoms with Crippen LogP contribution in [0.3, 0.4) is 0 Å². The fourth-order valence-corrected chi connectivity index (χ4v) is 4.75. The second kappa shape index (κ2) is 11.5. The quantitative estimate of drug-likeness (QED) is 0.507. The maximum Gasteiger partial charge on any atom is 0.124 e. The molecule has 32 heavy (non-hydrogen) atoms. The Hall–Kier alpha value is -2.29. The van der Waals surface area contributed by atoms with Gasteiger partial charge in [0.2, 0.25) is 0 Å². The molecule has 2 heterocycles. The molecule has 7 heteroatoms. The number of benzene rings is 2. The summed E-state index contributed by atoms with van der Waals surface area (Å²) in [6.07, 6.45) is -0.497. The maximum atomic E-state index is 10.4. The zero-order valence-electron chi connectivity index (χ0n) is 18.5. The second-order valence-electron chi connectivity index (χ2n) is 8.07. The van der Waals surface area contributed by atoms with Gasteiger partial charge in [-0.15, -0.1) is 11.3 Å². The van der Waals surface area contributed by atoms with Gasteiger partial charge >= 0.3 is 0 Å². The van der Waals surface area contributed by atoms with Crippen LogP contribution in [0.1, 0.15) is 11.3 Å². The van der Waals surface area contributed by atoms with Crippen LogP contribution in [0.2, 0.25) is 0 Å². The molecule has 2 aromatic carbocycles. The van der Waals surface area contributed by atoms with Crippen LogP contribution in [0, 0.1) is 0 Å². The van der Waals surface area contributed by atoms with Crippen molar-refractivity contribution in [1.82, 2.24) is 14.8 Å². The Labute approximate surface area is 194 Å². The maximum absolute atomic E-state index is 10.4. The van der Waals surface area contributed by atoms with Crippen molar-refractivity contribution >= 4 is 11.3 Å². The largest absolute Gasteiger partial charge is 0.496 e. The fraction of sp³-hybridized carbons (Fsp3) is 0.400. The van der Waals surface area contributed by atoms with Crippen molar-refractivity contribution < 1.29 is 14.6 Å². The van der Waals surface area contributed by atoms with Crippen LogP contribution in [0.4, 0.5) is 0 Å². The Morgan fingerprint density at radius 3 is 2.50 bits per heavy atom. The molecule has 0 saturated carbocycles. The average molecular weight is 454 g/mol. The molecule has 0 amide bonds. The van der Waals surface area contributed by atoms with Gasteiger partial charge in [0.05, 0.1) is 32.1 Å². The summed E-state index contributed by atoms with van der Waals surface area (Å²) in [6, 6.07) is 18.1. The third-order valence-electron chi connectivity index (χ3n) is 5.65. The summed E-state index contributed by atoms with van der Waals surface area (Å²) in [5.41, 5.74) is 3.30. The summed E-state index contributed by atoms with van der Waals surface area (Å²) >= 11 is 1.71. The topological polar surface area (TPSA) is 58.1 Å². The first-order valence-electron chi connectivity index (χ1n) is 11.0. The van der Waals surface area contributed by atoms with E-state index in [0.717, 1.165) is 54.7 Å². The first kappa shape index (κ1) is 22.9. The van der Waals surface area contributed by atoms with Crippen LogP contribution >= 0.6 is 11.3 Å². The summed E-state index contributed by atoms with van der Waals surface area (Å²) in [7, 11) is 1.66. The van der Waals surface area contributed by atoms with E-state index in [9.17, 15) is 5.11 Å². The van der Waals surface area contributed by atoms with E-state index in [1.54, 1.807) is 18.4 Å². The molecular formula is C25H31N3O3S. The van der Waals surface area contributed by atoms with Gasteiger partial charge in [0.15, 0.2) is 0 Å². The lowest BCUT2D eigenvalue weighted by atomic mass is 10.2. The predicted octanol–water partition coefficient (Wildman–Crippen LogP) is 3.51. The van der Waals surface area contributed by atoms with Crippen LogP contribution in [-0.4, -0.2) is 72.4 Å². The summed E-state index contributed by atoms with van der Waals surface area (Å²) in [5, 5.41) is 13.6. The molecule has 0 spiro atoms. The number of nitrogens with zero attached hydrogens (tertiary/aromatic N) is 3. The summed E-state index contributed by atoms with van der Waals surface area (Å²) < 4.78 is 11.1. The molecule has 1 aromatic heterocycles. The van der Waals surface area contributed by atoms with E-state index in [2.05, 4.69) is 27.3 Å². The molecule has 1 N–H and O–H groups in total. The molecule has 1 atom stereocenters. The number of thiazole rings is 1. The molecule has 170 valence electrons. The number of piperazine rings is 1. The Morgan fingerprint density at radius 1 is 1.00 bits per heavy atom. The third kappa shape index (κ3) is 6.37. The monoisotopic (exact) mass is 453 g/mol. The molecule has 1 aliphatic heterocycles. The van der Waals surface area contributed by atoms with E-state index in [1.165, 1.54) is 5.56 Å². The van der Waals surface area contributed by atoms with Crippen LogP contribution in [0.25, 0.3) is 10.6 Å². The van der Waals surface area contributed by atoms with Gasteiger partial charge in [0.1, 0.15) is 10.8 Å². The van der Waals surface area contributed by atoms with E-state index >= 15 is 0 Å². The molecule has 1 fully saturated rings. The normalized spacial score (nSPS) is 16.2. The molecule has 1 unspecified atom stereocenters. The number of β-amino-alcohol motifs (C(OH)–C–C–N with tert-alkyl or cyclic N) is 1. The van der Waals surface area contributed by atoms with Crippen LogP contribution in [-0.2, 0) is 17.9 Å². The van der Waals surface area contributed by atoms with E-state index in [-0.39, 0.29) is 0 Å². The molecule has 1 aliphatic rings. The smallest absolute Gasteiger partial charge is 0.124 e. The molecule has 1 saturated heterocycles. The van der Waals surface area contributed by atoms with Gasteiger partial charge in [-0.1, -0.05) is 48.5 Å². The standard InChI is InChI=1S/C25H31N3O3S/c1-30-24-10-6-5-9-21(24)17-31-18-23(29)16-28-13-11-27(12-14-28)15-22-19-32-25(26-22)20-7-3-2-4-8-20/h2-10,19,23,29H,11-18H2,1H3. The zero-order valence-corrected chi connectivity index (χ0v) is 19.3. The number of methoxy groups -OCH3 is 1. The van der Waals surface area contributed by atoms with Crippen molar-refractivity contribution in [1.29, 1.82) is 0 Å². The summed E-state index contributed by atoms with van der Waals surface area (Å²) in [6.45, 7) is 6.11. The first-order chi connectivity index (χ1) is 15.7. The Kier molecular flexibility index (Phi) is 8.25. The zero-order chi connectivity index (χ0) is 22.2. The second-order valence-corrected chi connectivity index (χ2v) is 8.93. The van der Waals surface area contributed by atoms with E-state index in [4.69, 9.17) is 14.5 Å². The van der Waals surface area contributed by atoms with Gasteiger partial charge in [0, 0.05) is 55.8 Å². The van der Waals surface area contributed by atoms with Crippen molar-refractivity contribution in [3.63, 3.8) is 0 Å². The number of para-hydroxylation sites is 1. The van der Waals surface area contributed by atoms with Crippen molar-refractivity contribution in [3.8, 4) is 16.3 Å². The van der Waals surface area contributed by atoms with E-state index in [1.807, 2.05) is 42.5 Å². The number of hydrogen-bond acceptors (Lipinski definition) is 7. The minimum atomic E-state index is -0.497. The highest BCUT2D eigenvalue weighted by atomic mass is 32.1. The predicted molar refractivity (Wildman–Crippen MR) is 128 cm³/mol. The van der Waals surface area contributed by atoms with Crippen LogP contribution in [0.15, 0.2) is 60.0 Å². The molecule has 3 aromatic rings. The van der Waals surface area contributed by atoms with Crippen molar-refractivity contribution in [3.05, 3.63) is 71.2 Å². The molecule has 6 nitrogen and oxygen atoms in total. The number of rotatable bonds is 10. The van der Waals surface area contributed by atoms with Gasteiger partial charge < -0.3 is 14.6 Å². The third-order valence-corrected chi connectivity index (χ3v) is 6.59. The lowest BCUT2D eigenvalue weighted by molar-refractivity contribution is 0.000421. The minimum absolute atomic E-state index is 0.319. The Morgan fingerprint density at radius 2 is 1.72 bits per heavy atom. The highest BCUT2D eigenvalue weighted by molar-refractivity contribution is 7.13. The van der Waals surface area contributed by atoms with Gasteiger partial charge in [-0.25, -0.2) is 4.98 Å². The van der Waals surface area contributed by atoms with Gasteiger partial charge in [0.25, 0.3) is 0 Å². The van der Waals surface area contributed by atoms with Crippen molar-refractivity contribution in [2.75, 3.05) is 46.4 Å². The number of ether oxygens (including phenoxy) is 2. The number of hydrogen-bond donors (Lipinski definition) is 1. The molecule has 0 bridgehead atoms. The Balaban J connectivity index is 1.16. The van der Waals surface area contributed by atoms with E-state index in [0.29, 0.717) is 19.8 Å². The number of aliphatic hydroxyl groups is 1. The summed E-state index contributed by atoms with van der Waals surface area (Å²) in [5.74, 6) is 0.814. The van der Waals surface area contributed by atoms with Gasteiger partial charge in [-0.3, -0.25) is 9.80 Å². The minimum Gasteiger partial charge on any atom is -0.496 e. The van der Waals surface area contributed by atoms with Crippen LogP contribution < -0.4 is 4.74 Å². The highest BCUT2D eigenvalue weighted by Crippen LogP contribution is 2.24. The lowest BCUT2D eigenvalue weighted by Crippen LogP contribution is -2.48. The molecule has 0 aliphatic carbocycles. The number of aromatic nitrogens is 1. The molecule has 4 rings (SSSR count). The highest BCUT2D eigenvalue weighted by Gasteiger charge is 2.20. The van der Waals surface area contributed by atoms with Gasteiger partial charge in [-0.05, 0) is 6.07 Å². The lowest BCUT2D eigenvalue weighted by Gasteiger charge is -2.35. The average Bonchev–Trinajstić information content (AvgIpc) is 3.30. The van der Waals surface area contributed by atoms with Gasteiger partial charge in [-0.2, -0.15) is 0 Å². The summed E-state index contributed by atoms with van der Waals surface area (Å²) in [4.78, 5) is 9.56. The van der Waals surface area contributed by atoms with Crippen molar-refractivity contribution in [2.45, 2.75) is 19.3 Å². The molecular weight excluding hydrogens is 422 g/mol. The van der Waals surface area contributed by atoms with E-state index < -0.39 is 6.10 Å². The Bertz CT molecular complexity index is 958.